The fourth-order valence-corrected chi connectivity index (χ4v) is 2.33. The van der Waals surface area contributed by atoms with Crippen LogP contribution in [0.5, 0.6) is 0 Å². The first kappa shape index (κ1) is 13.0. The highest BCUT2D eigenvalue weighted by Gasteiger charge is 2.07. The van der Waals surface area contributed by atoms with Crippen LogP contribution in [-0.4, -0.2) is 17.0 Å². The van der Waals surface area contributed by atoms with Crippen LogP contribution in [0.3, 0.4) is 0 Å². The fraction of sp³-hybridized carbons (Fsp3) is 0.0909. The molecule has 0 aliphatic heterocycles. The lowest BCUT2D eigenvalue weighted by Gasteiger charge is -2.06. The summed E-state index contributed by atoms with van der Waals surface area (Å²) in [5.41, 5.74) is 0.962. The monoisotopic (exact) mass is 419 g/mol. The highest BCUT2D eigenvalue weighted by molar-refractivity contribution is 9.13. The van der Waals surface area contributed by atoms with Gasteiger partial charge < -0.3 is 5.32 Å². The summed E-state index contributed by atoms with van der Waals surface area (Å²) in [5.74, 6) is 1.46. The van der Waals surface area contributed by atoms with Crippen molar-refractivity contribution in [3.8, 4) is 11.4 Å². The molecule has 6 heteroatoms. The average molecular weight is 422 g/mol. The highest BCUT2D eigenvalue weighted by Crippen LogP contribution is 2.29. The van der Waals surface area contributed by atoms with E-state index in [1.807, 2.05) is 25.2 Å². The molecule has 0 spiro atoms. The van der Waals surface area contributed by atoms with Crippen molar-refractivity contribution < 1.29 is 0 Å². The van der Waals surface area contributed by atoms with Gasteiger partial charge in [0.05, 0.1) is 4.47 Å². The maximum Gasteiger partial charge on any atom is 0.161 e. The highest BCUT2D eigenvalue weighted by atomic mass is 79.9. The van der Waals surface area contributed by atoms with Crippen LogP contribution < -0.4 is 5.32 Å². The Morgan fingerprint density at radius 2 is 1.82 bits per heavy atom. The second kappa shape index (κ2) is 5.46. The summed E-state index contributed by atoms with van der Waals surface area (Å²) in [6, 6.07) is 5.91. The zero-order chi connectivity index (χ0) is 12.4. The Labute approximate surface area is 124 Å². The Kier molecular flexibility index (Phi) is 4.17. The lowest BCUT2D eigenvalue weighted by Crippen LogP contribution is -1.97. The Morgan fingerprint density at radius 3 is 2.47 bits per heavy atom. The summed E-state index contributed by atoms with van der Waals surface area (Å²) in [6.07, 6.45) is 1.74. The number of halogens is 3. The van der Waals surface area contributed by atoms with Crippen molar-refractivity contribution in [2.24, 2.45) is 0 Å². The molecule has 0 fully saturated rings. The Morgan fingerprint density at radius 1 is 1.06 bits per heavy atom. The van der Waals surface area contributed by atoms with Crippen LogP contribution in [0, 0.1) is 0 Å². The van der Waals surface area contributed by atoms with E-state index < -0.39 is 0 Å². The van der Waals surface area contributed by atoms with Gasteiger partial charge in [-0.15, -0.1) is 0 Å². The van der Waals surface area contributed by atoms with Crippen LogP contribution in [-0.2, 0) is 0 Å². The molecule has 0 atom stereocenters. The standard InChI is InChI=1S/C11H8Br3N3/c1-15-11-9(14)5-16-10(17-11)6-2-3-7(12)8(13)4-6/h2-5H,1H3,(H,15,16,17). The van der Waals surface area contributed by atoms with E-state index in [0.717, 1.165) is 24.8 Å². The van der Waals surface area contributed by atoms with E-state index in [4.69, 9.17) is 0 Å². The maximum absolute atomic E-state index is 4.43. The molecule has 3 nitrogen and oxygen atoms in total. The van der Waals surface area contributed by atoms with Crippen molar-refractivity contribution in [2.75, 3.05) is 12.4 Å². The summed E-state index contributed by atoms with van der Waals surface area (Å²) in [5, 5.41) is 3.01. The van der Waals surface area contributed by atoms with Gasteiger partial charge in [0.25, 0.3) is 0 Å². The van der Waals surface area contributed by atoms with Gasteiger partial charge in [-0.2, -0.15) is 0 Å². The first-order valence-electron chi connectivity index (χ1n) is 4.77. The van der Waals surface area contributed by atoms with Crippen LogP contribution in [0.4, 0.5) is 5.82 Å². The van der Waals surface area contributed by atoms with Gasteiger partial charge in [0.15, 0.2) is 5.82 Å². The molecule has 0 aliphatic carbocycles. The van der Waals surface area contributed by atoms with E-state index >= 15 is 0 Å². The smallest absolute Gasteiger partial charge is 0.161 e. The first-order valence-corrected chi connectivity index (χ1v) is 7.15. The zero-order valence-corrected chi connectivity index (χ0v) is 13.6. The predicted octanol–water partition coefficient (Wildman–Crippen LogP) is 4.47. The summed E-state index contributed by atoms with van der Waals surface area (Å²) >= 11 is 10.3. The molecule has 17 heavy (non-hydrogen) atoms. The number of anilines is 1. The van der Waals surface area contributed by atoms with Crippen molar-refractivity contribution >= 4 is 53.6 Å². The van der Waals surface area contributed by atoms with Crippen LogP contribution >= 0.6 is 47.8 Å². The molecule has 88 valence electrons. The second-order valence-electron chi connectivity index (χ2n) is 3.27. The van der Waals surface area contributed by atoms with E-state index in [0.29, 0.717) is 5.82 Å². The van der Waals surface area contributed by atoms with E-state index in [1.165, 1.54) is 0 Å². The van der Waals surface area contributed by atoms with Gasteiger partial charge in [0.1, 0.15) is 5.82 Å². The van der Waals surface area contributed by atoms with Crippen LogP contribution in [0.2, 0.25) is 0 Å². The molecule has 0 radical (unpaired) electrons. The molecule has 1 aromatic carbocycles. The molecule has 2 rings (SSSR count). The minimum absolute atomic E-state index is 0.686. The van der Waals surface area contributed by atoms with Crippen LogP contribution in [0.1, 0.15) is 0 Å². The van der Waals surface area contributed by atoms with Crippen molar-refractivity contribution in [1.29, 1.82) is 0 Å². The van der Waals surface area contributed by atoms with E-state index in [9.17, 15) is 0 Å². The van der Waals surface area contributed by atoms with Crippen molar-refractivity contribution in [2.45, 2.75) is 0 Å². The number of hydrogen-bond acceptors (Lipinski definition) is 3. The van der Waals surface area contributed by atoms with Gasteiger partial charge in [-0.05, 0) is 66.0 Å². The molecule has 0 unspecified atom stereocenters. The van der Waals surface area contributed by atoms with Crippen molar-refractivity contribution in [3.63, 3.8) is 0 Å². The summed E-state index contributed by atoms with van der Waals surface area (Å²) in [7, 11) is 1.83. The van der Waals surface area contributed by atoms with E-state index in [-0.39, 0.29) is 0 Å². The number of aromatic nitrogens is 2. The van der Waals surface area contributed by atoms with Gasteiger partial charge in [0.2, 0.25) is 0 Å². The first-order chi connectivity index (χ1) is 8.11. The minimum atomic E-state index is 0.686. The normalized spacial score (nSPS) is 10.4. The quantitative estimate of drug-likeness (QED) is 0.777. The van der Waals surface area contributed by atoms with Gasteiger partial charge in [-0.25, -0.2) is 9.97 Å². The third kappa shape index (κ3) is 2.86. The Bertz CT molecular complexity index is 558. The molecule has 0 saturated carbocycles. The number of hydrogen-bond donors (Lipinski definition) is 1. The topological polar surface area (TPSA) is 37.8 Å². The Hall–Kier alpha value is -0.460. The van der Waals surface area contributed by atoms with Crippen molar-refractivity contribution in [3.05, 3.63) is 37.8 Å². The molecular formula is C11H8Br3N3. The molecule has 0 saturated heterocycles. The van der Waals surface area contributed by atoms with Crippen LogP contribution in [0.15, 0.2) is 37.8 Å². The zero-order valence-electron chi connectivity index (χ0n) is 8.84. The number of nitrogens with zero attached hydrogens (tertiary/aromatic N) is 2. The average Bonchev–Trinajstić information content (AvgIpc) is 2.33. The lowest BCUT2D eigenvalue weighted by molar-refractivity contribution is 1.15. The van der Waals surface area contributed by atoms with Gasteiger partial charge >= 0.3 is 0 Å². The van der Waals surface area contributed by atoms with Crippen LogP contribution in [0.25, 0.3) is 11.4 Å². The maximum atomic E-state index is 4.43. The summed E-state index contributed by atoms with van der Waals surface area (Å²) in [6.45, 7) is 0. The van der Waals surface area contributed by atoms with E-state index in [1.54, 1.807) is 6.20 Å². The molecule has 0 amide bonds. The third-order valence-electron chi connectivity index (χ3n) is 2.16. The largest absolute Gasteiger partial charge is 0.372 e. The molecule has 1 N–H and O–H groups in total. The fourth-order valence-electron chi connectivity index (χ4n) is 1.32. The molecular weight excluding hydrogens is 414 g/mol. The van der Waals surface area contributed by atoms with Gasteiger partial charge in [-0.3, -0.25) is 0 Å². The Balaban J connectivity index is 2.49. The SMILES string of the molecule is CNc1nc(-c2ccc(Br)c(Br)c2)ncc1Br. The minimum Gasteiger partial charge on any atom is -0.372 e. The molecule has 2 aromatic rings. The molecule has 0 bridgehead atoms. The number of rotatable bonds is 2. The van der Waals surface area contributed by atoms with Crippen molar-refractivity contribution in [1.82, 2.24) is 9.97 Å². The van der Waals surface area contributed by atoms with E-state index in [2.05, 4.69) is 63.1 Å². The molecule has 1 aromatic heterocycles. The summed E-state index contributed by atoms with van der Waals surface area (Å²) < 4.78 is 2.83. The van der Waals surface area contributed by atoms with Gasteiger partial charge in [0, 0.05) is 27.8 Å². The predicted molar refractivity (Wildman–Crippen MR) is 80.1 cm³/mol. The number of benzene rings is 1. The number of nitrogens with one attached hydrogen (secondary N) is 1. The third-order valence-corrected chi connectivity index (χ3v) is 4.62. The second-order valence-corrected chi connectivity index (χ2v) is 5.83. The van der Waals surface area contributed by atoms with Gasteiger partial charge in [-0.1, -0.05) is 0 Å². The lowest BCUT2D eigenvalue weighted by atomic mass is 10.2. The summed E-state index contributed by atoms with van der Waals surface area (Å²) in [4.78, 5) is 8.72. The molecule has 0 aliphatic rings. The molecule has 1 heterocycles.